The summed E-state index contributed by atoms with van der Waals surface area (Å²) in [6.07, 6.45) is 4.08. The van der Waals surface area contributed by atoms with Crippen molar-refractivity contribution < 1.29 is 4.79 Å². The lowest BCUT2D eigenvalue weighted by atomic mass is 9.74. The molecule has 19 heavy (non-hydrogen) atoms. The highest BCUT2D eigenvalue weighted by atomic mass is 16.2. The van der Waals surface area contributed by atoms with Crippen LogP contribution in [0.4, 0.5) is 0 Å². The molecule has 96 valence electrons. The van der Waals surface area contributed by atoms with Crippen molar-refractivity contribution in [3.05, 3.63) is 66.0 Å². The highest BCUT2D eigenvalue weighted by Crippen LogP contribution is 2.43. The van der Waals surface area contributed by atoms with E-state index in [0.717, 1.165) is 11.1 Å². The molecule has 2 atom stereocenters. The molecule has 0 radical (unpaired) electrons. The van der Waals surface area contributed by atoms with Crippen LogP contribution in [0.5, 0.6) is 0 Å². The smallest absolute Gasteiger partial charge is 0.221 e. The number of hydrogen-bond acceptors (Lipinski definition) is 2. The number of nitrogens with one attached hydrogen (secondary N) is 1. The predicted octanol–water partition coefficient (Wildman–Crippen LogP) is 2.60. The van der Waals surface area contributed by atoms with E-state index in [1.165, 1.54) is 0 Å². The Balaban J connectivity index is 2.06. The van der Waals surface area contributed by atoms with Gasteiger partial charge in [-0.25, -0.2) is 0 Å². The van der Waals surface area contributed by atoms with Crippen molar-refractivity contribution in [2.75, 3.05) is 0 Å². The molecule has 1 amide bonds. The Morgan fingerprint density at radius 2 is 1.84 bits per heavy atom. The third-order valence-corrected chi connectivity index (χ3v) is 3.94. The van der Waals surface area contributed by atoms with Gasteiger partial charge in [0.25, 0.3) is 0 Å². The fraction of sp³-hybridized carbons (Fsp3) is 0.250. The van der Waals surface area contributed by atoms with Gasteiger partial charge in [0.1, 0.15) is 0 Å². The minimum atomic E-state index is -0.221. The molecular formula is C16H16N2O. The van der Waals surface area contributed by atoms with Gasteiger partial charge in [-0.1, -0.05) is 37.3 Å². The van der Waals surface area contributed by atoms with Crippen LogP contribution in [0.25, 0.3) is 0 Å². The summed E-state index contributed by atoms with van der Waals surface area (Å²) < 4.78 is 0. The number of nitrogens with zero attached hydrogens (tertiary/aromatic N) is 1. The van der Waals surface area contributed by atoms with Crippen molar-refractivity contribution in [2.24, 2.45) is 0 Å². The van der Waals surface area contributed by atoms with E-state index in [1.54, 1.807) is 12.4 Å². The monoisotopic (exact) mass is 252 g/mol. The largest absolute Gasteiger partial charge is 0.348 e. The molecule has 1 aromatic heterocycles. The summed E-state index contributed by atoms with van der Waals surface area (Å²) in [5, 5.41) is 3.10. The molecule has 0 saturated carbocycles. The van der Waals surface area contributed by atoms with Crippen molar-refractivity contribution in [3.63, 3.8) is 0 Å². The van der Waals surface area contributed by atoms with Crippen LogP contribution in [0, 0.1) is 0 Å². The lowest BCUT2D eigenvalue weighted by Gasteiger charge is -2.31. The average Bonchev–Trinajstić information content (AvgIpc) is 2.77. The molecule has 2 unspecified atom stereocenters. The van der Waals surface area contributed by atoms with Gasteiger partial charge in [0.15, 0.2) is 0 Å². The molecular weight excluding hydrogens is 236 g/mol. The molecule has 1 aromatic carbocycles. The molecule has 1 aliphatic heterocycles. The quantitative estimate of drug-likeness (QED) is 0.892. The number of hydrogen-bond donors (Lipinski definition) is 1. The lowest BCUT2D eigenvalue weighted by Crippen LogP contribution is -2.30. The highest BCUT2D eigenvalue weighted by molar-refractivity contribution is 5.81. The molecule has 3 heteroatoms. The summed E-state index contributed by atoms with van der Waals surface area (Å²) >= 11 is 0. The van der Waals surface area contributed by atoms with E-state index in [4.69, 9.17) is 0 Å². The van der Waals surface area contributed by atoms with E-state index in [1.807, 2.05) is 30.3 Å². The Morgan fingerprint density at radius 3 is 2.53 bits per heavy atom. The third-order valence-electron chi connectivity index (χ3n) is 3.94. The second-order valence-electron chi connectivity index (χ2n) is 5.24. The van der Waals surface area contributed by atoms with Crippen LogP contribution in [0.1, 0.15) is 30.5 Å². The maximum atomic E-state index is 11.9. The first kappa shape index (κ1) is 11.9. The van der Waals surface area contributed by atoms with Gasteiger partial charge in [0, 0.05) is 24.2 Å². The van der Waals surface area contributed by atoms with Gasteiger partial charge in [-0.3, -0.25) is 9.78 Å². The van der Waals surface area contributed by atoms with Gasteiger partial charge in [-0.15, -0.1) is 0 Å². The average molecular weight is 252 g/mol. The van der Waals surface area contributed by atoms with Crippen LogP contribution >= 0.6 is 0 Å². The van der Waals surface area contributed by atoms with Crippen molar-refractivity contribution >= 4 is 5.91 Å². The van der Waals surface area contributed by atoms with Crippen LogP contribution < -0.4 is 5.32 Å². The number of benzene rings is 1. The zero-order valence-electron chi connectivity index (χ0n) is 10.8. The number of amides is 1. The molecule has 2 heterocycles. The van der Waals surface area contributed by atoms with E-state index >= 15 is 0 Å². The van der Waals surface area contributed by atoms with E-state index in [2.05, 4.69) is 29.4 Å². The zero-order chi connectivity index (χ0) is 13.3. The van der Waals surface area contributed by atoms with Crippen LogP contribution in [-0.4, -0.2) is 10.9 Å². The normalized spacial score (nSPS) is 26.2. The van der Waals surface area contributed by atoms with Gasteiger partial charge in [0.2, 0.25) is 5.91 Å². The summed E-state index contributed by atoms with van der Waals surface area (Å²) in [6.45, 7) is 2.14. The second-order valence-corrected chi connectivity index (χ2v) is 5.24. The second kappa shape index (κ2) is 4.50. The standard InChI is InChI=1S/C16H16N2O/c1-16(13-7-9-17-10-8-13)11-14(19)18-15(16)12-5-3-2-4-6-12/h2-10,15H,11H2,1H3,(H,18,19). The van der Waals surface area contributed by atoms with Crippen molar-refractivity contribution in [3.8, 4) is 0 Å². The van der Waals surface area contributed by atoms with Crippen molar-refractivity contribution in [1.29, 1.82) is 0 Å². The molecule has 3 rings (SSSR count). The topological polar surface area (TPSA) is 42.0 Å². The summed E-state index contributed by atoms with van der Waals surface area (Å²) in [7, 11) is 0. The third kappa shape index (κ3) is 2.01. The Kier molecular flexibility index (Phi) is 2.82. The van der Waals surface area contributed by atoms with Crippen LogP contribution in [0.3, 0.4) is 0 Å². The summed E-state index contributed by atoms with van der Waals surface area (Å²) in [6, 6.07) is 14.1. The molecule has 1 aliphatic rings. The fourth-order valence-corrected chi connectivity index (χ4v) is 2.90. The zero-order valence-corrected chi connectivity index (χ0v) is 10.8. The van der Waals surface area contributed by atoms with Crippen LogP contribution in [0.15, 0.2) is 54.9 Å². The highest BCUT2D eigenvalue weighted by Gasteiger charge is 2.45. The van der Waals surface area contributed by atoms with Gasteiger partial charge in [-0.2, -0.15) is 0 Å². The Hall–Kier alpha value is -2.16. The molecule has 0 bridgehead atoms. The van der Waals surface area contributed by atoms with E-state index in [-0.39, 0.29) is 17.4 Å². The van der Waals surface area contributed by atoms with E-state index < -0.39 is 0 Å². The molecule has 1 N–H and O–H groups in total. The minimum Gasteiger partial charge on any atom is -0.348 e. The van der Waals surface area contributed by atoms with Crippen molar-refractivity contribution in [1.82, 2.24) is 10.3 Å². The predicted molar refractivity (Wildman–Crippen MR) is 73.5 cm³/mol. The van der Waals surface area contributed by atoms with Gasteiger partial charge in [-0.05, 0) is 23.3 Å². The number of pyridine rings is 1. The maximum absolute atomic E-state index is 11.9. The maximum Gasteiger partial charge on any atom is 0.221 e. The first-order chi connectivity index (χ1) is 9.20. The Bertz CT molecular complexity index is 582. The molecule has 2 aromatic rings. The summed E-state index contributed by atoms with van der Waals surface area (Å²) in [4.78, 5) is 15.9. The molecule has 0 spiro atoms. The lowest BCUT2D eigenvalue weighted by molar-refractivity contribution is -0.119. The van der Waals surface area contributed by atoms with Gasteiger partial charge < -0.3 is 5.32 Å². The van der Waals surface area contributed by atoms with E-state index in [9.17, 15) is 4.79 Å². The number of rotatable bonds is 2. The molecule has 1 saturated heterocycles. The molecule has 3 nitrogen and oxygen atoms in total. The number of aromatic nitrogens is 1. The first-order valence-electron chi connectivity index (χ1n) is 6.45. The SMILES string of the molecule is CC1(c2ccncc2)CC(=O)NC1c1ccccc1. The van der Waals surface area contributed by atoms with Gasteiger partial charge >= 0.3 is 0 Å². The first-order valence-corrected chi connectivity index (χ1v) is 6.45. The van der Waals surface area contributed by atoms with Gasteiger partial charge in [0.05, 0.1) is 6.04 Å². The summed E-state index contributed by atoms with van der Waals surface area (Å²) in [5.41, 5.74) is 2.07. The van der Waals surface area contributed by atoms with Crippen LogP contribution in [0.2, 0.25) is 0 Å². The number of carbonyl (C=O) groups is 1. The molecule has 0 aliphatic carbocycles. The summed E-state index contributed by atoms with van der Waals surface area (Å²) in [5.74, 6) is 0.105. The Labute approximate surface area is 112 Å². The van der Waals surface area contributed by atoms with E-state index in [0.29, 0.717) is 6.42 Å². The van der Waals surface area contributed by atoms with Crippen LogP contribution in [-0.2, 0) is 10.2 Å². The minimum absolute atomic E-state index is 0.0172. The molecule has 1 fully saturated rings. The fourth-order valence-electron chi connectivity index (χ4n) is 2.90. The number of carbonyl (C=O) groups excluding carboxylic acids is 1. The van der Waals surface area contributed by atoms with Crippen molar-refractivity contribution in [2.45, 2.75) is 24.8 Å². The Morgan fingerprint density at radius 1 is 1.16 bits per heavy atom.